The number of halogens is 1. The molecular weight excluding hydrogens is 259 g/mol. The van der Waals surface area contributed by atoms with Crippen LogP contribution in [-0.4, -0.2) is 18.6 Å². The van der Waals surface area contributed by atoms with E-state index in [0.29, 0.717) is 5.69 Å². The Morgan fingerprint density at radius 3 is 2.65 bits per heavy atom. The van der Waals surface area contributed by atoms with Gasteiger partial charge in [0, 0.05) is 5.69 Å². The summed E-state index contributed by atoms with van der Waals surface area (Å²) in [4.78, 5) is 11.8. The molecule has 0 saturated heterocycles. The average molecular weight is 280 g/mol. The second-order valence-electron chi connectivity index (χ2n) is 5.21. The smallest absolute Gasteiger partial charge is 0.250 e. The van der Waals surface area contributed by atoms with E-state index in [0.717, 1.165) is 12.8 Å². The molecule has 110 valence electrons. The van der Waals surface area contributed by atoms with Crippen LogP contribution in [0.5, 0.6) is 0 Å². The van der Waals surface area contributed by atoms with Gasteiger partial charge in [-0.2, -0.15) is 0 Å². The summed E-state index contributed by atoms with van der Waals surface area (Å²) < 4.78 is 18.6. The van der Waals surface area contributed by atoms with Crippen LogP contribution < -0.4 is 11.1 Å². The first-order valence-corrected chi connectivity index (χ1v) is 7.11. The van der Waals surface area contributed by atoms with Crippen LogP contribution in [0.1, 0.15) is 38.5 Å². The zero-order chi connectivity index (χ0) is 14.4. The van der Waals surface area contributed by atoms with E-state index in [1.807, 2.05) is 0 Å². The van der Waals surface area contributed by atoms with Crippen LogP contribution in [-0.2, 0) is 9.53 Å². The Morgan fingerprint density at radius 1 is 1.30 bits per heavy atom. The molecule has 0 spiro atoms. The zero-order valence-corrected chi connectivity index (χ0v) is 11.5. The molecule has 0 unspecified atom stereocenters. The predicted molar refractivity (Wildman–Crippen MR) is 76.9 cm³/mol. The molecular formula is C15H21FN2O2. The number of ether oxygens (including phenoxy) is 1. The van der Waals surface area contributed by atoms with Crippen molar-refractivity contribution in [1.82, 2.24) is 0 Å². The van der Waals surface area contributed by atoms with Crippen LogP contribution >= 0.6 is 0 Å². The first-order chi connectivity index (χ1) is 9.65. The normalized spacial score (nSPS) is 16.6. The molecule has 0 aromatic heterocycles. The summed E-state index contributed by atoms with van der Waals surface area (Å²) in [7, 11) is 0. The number of nitrogens with one attached hydrogen (secondary N) is 1. The van der Waals surface area contributed by atoms with Crippen LogP contribution in [0.15, 0.2) is 18.2 Å². The highest BCUT2D eigenvalue weighted by molar-refractivity contribution is 5.92. The van der Waals surface area contributed by atoms with E-state index < -0.39 is 5.82 Å². The highest BCUT2D eigenvalue weighted by Crippen LogP contribution is 2.20. The summed E-state index contributed by atoms with van der Waals surface area (Å²) in [5.41, 5.74) is 5.95. The van der Waals surface area contributed by atoms with E-state index in [-0.39, 0.29) is 24.3 Å². The summed E-state index contributed by atoms with van der Waals surface area (Å²) in [6.45, 7) is 0.0297. The molecule has 3 N–H and O–H groups in total. The quantitative estimate of drug-likeness (QED) is 0.658. The van der Waals surface area contributed by atoms with Gasteiger partial charge in [0.25, 0.3) is 0 Å². The maximum absolute atomic E-state index is 13.0. The fourth-order valence-electron chi connectivity index (χ4n) is 2.42. The average Bonchev–Trinajstić information content (AvgIpc) is 2.69. The van der Waals surface area contributed by atoms with Gasteiger partial charge in [0.1, 0.15) is 12.4 Å². The number of amides is 1. The third-order valence-electron chi connectivity index (χ3n) is 3.53. The fourth-order valence-corrected chi connectivity index (χ4v) is 2.42. The molecule has 0 atom stereocenters. The Labute approximate surface area is 118 Å². The van der Waals surface area contributed by atoms with Crippen molar-refractivity contribution in [3.8, 4) is 0 Å². The van der Waals surface area contributed by atoms with Crippen molar-refractivity contribution in [2.75, 3.05) is 17.7 Å². The standard InChI is InChI=1S/C15H21FN2O2/c16-13-8-7-11(9-14(13)17)18-15(19)10-20-12-5-3-1-2-4-6-12/h7-9,12H,1-6,10,17H2,(H,18,19). The Balaban J connectivity index is 1.78. The van der Waals surface area contributed by atoms with Gasteiger partial charge in [-0.15, -0.1) is 0 Å². The van der Waals surface area contributed by atoms with Gasteiger partial charge >= 0.3 is 0 Å². The lowest BCUT2D eigenvalue weighted by atomic mass is 10.1. The zero-order valence-electron chi connectivity index (χ0n) is 11.5. The third-order valence-corrected chi connectivity index (χ3v) is 3.53. The van der Waals surface area contributed by atoms with E-state index in [1.165, 1.54) is 43.9 Å². The summed E-state index contributed by atoms with van der Waals surface area (Å²) in [5, 5.41) is 2.65. The number of nitrogens with two attached hydrogens (primary N) is 1. The third kappa shape index (κ3) is 4.49. The van der Waals surface area contributed by atoms with Gasteiger partial charge in [-0.25, -0.2) is 4.39 Å². The maximum Gasteiger partial charge on any atom is 0.250 e. The molecule has 1 aromatic carbocycles. The molecule has 0 bridgehead atoms. The van der Waals surface area contributed by atoms with E-state index in [4.69, 9.17) is 10.5 Å². The Morgan fingerprint density at radius 2 is 2.00 bits per heavy atom. The minimum Gasteiger partial charge on any atom is -0.396 e. The van der Waals surface area contributed by atoms with Crippen LogP contribution in [0, 0.1) is 5.82 Å². The molecule has 2 rings (SSSR count). The minimum absolute atomic E-state index is 0.0208. The molecule has 0 aliphatic heterocycles. The minimum atomic E-state index is -0.488. The van der Waals surface area contributed by atoms with E-state index >= 15 is 0 Å². The molecule has 4 nitrogen and oxygen atoms in total. The van der Waals surface area contributed by atoms with Gasteiger partial charge in [0.15, 0.2) is 0 Å². The summed E-state index contributed by atoms with van der Waals surface area (Å²) in [6, 6.07) is 4.12. The monoisotopic (exact) mass is 280 g/mol. The van der Waals surface area contributed by atoms with Crippen molar-refractivity contribution >= 4 is 17.3 Å². The van der Waals surface area contributed by atoms with Crippen molar-refractivity contribution in [2.45, 2.75) is 44.6 Å². The fraction of sp³-hybridized carbons (Fsp3) is 0.533. The summed E-state index contributed by atoms with van der Waals surface area (Å²) >= 11 is 0. The highest BCUT2D eigenvalue weighted by atomic mass is 19.1. The van der Waals surface area contributed by atoms with Crippen molar-refractivity contribution in [1.29, 1.82) is 0 Å². The second kappa shape index (κ2) is 7.24. The van der Waals surface area contributed by atoms with Gasteiger partial charge in [0.05, 0.1) is 11.8 Å². The molecule has 1 aromatic rings. The van der Waals surface area contributed by atoms with Crippen molar-refractivity contribution in [2.24, 2.45) is 0 Å². The number of nitrogen functional groups attached to an aromatic ring is 1. The van der Waals surface area contributed by atoms with Gasteiger partial charge < -0.3 is 15.8 Å². The largest absolute Gasteiger partial charge is 0.396 e. The van der Waals surface area contributed by atoms with Crippen LogP contribution in [0.25, 0.3) is 0 Å². The Bertz CT molecular complexity index is 457. The Kier molecular flexibility index (Phi) is 5.35. The first-order valence-electron chi connectivity index (χ1n) is 7.11. The molecule has 1 aliphatic rings. The molecule has 1 fully saturated rings. The van der Waals surface area contributed by atoms with Crippen LogP contribution in [0.3, 0.4) is 0 Å². The molecule has 0 radical (unpaired) electrons. The van der Waals surface area contributed by atoms with Gasteiger partial charge in [-0.3, -0.25) is 4.79 Å². The number of hydrogen-bond acceptors (Lipinski definition) is 3. The lowest BCUT2D eigenvalue weighted by Crippen LogP contribution is -2.23. The number of carbonyl (C=O) groups excluding carboxylic acids is 1. The highest BCUT2D eigenvalue weighted by Gasteiger charge is 2.14. The molecule has 20 heavy (non-hydrogen) atoms. The summed E-state index contributed by atoms with van der Waals surface area (Å²) in [5.74, 6) is -0.724. The number of hydrogen-bond donors (Lipinski definition) is 2. The molecule has 1 saturated carbocycles. The van der Waals surface area contributed by atoms with Crippen molar-refractivity contribution in [3.63, 3.8) is 0 Å². The van der Waals surface area contributed by atoms with Crippen LogP contribution in [0.2, 0.25) is 0 Å². The van der Waals surface area contributed by atoms with Gasteiger partial charge in [-0.1, -0.05) is 25.7 Å². The Hall–Kier alpha value is -1.62. The second-order valence-corrected chi connectivity index (χ2v) is 5.21. The molecule has 5 heteroatoms. The van der Waals surface area contributed by atoms with E-state index in [1.54, 1.807) is 0 Å². The first kappa shape index (κ1) is 14.8. The van der Waals surface area contributed by atoms with Gasteiger partial charge in [-0.05, 0) is 31.0 Å². The summed E-state index contributed by atoms with van der Waals surface area (Å²) in [6.07, 6.45) is 7.07. The van der Waals surface area contributed by atoms with Gasteiger partial charge in [0.2, 0.25) is 5.91 Å². The predicted octanol–water partition coefficient (Wildman–Crippen LogP) is 3.09. The number of rotatable bonds is 4. The van der Waals surface area contributed by atoms with E-state index in [2.05, 4.69) is 5.32 Å². The van der Waals surface area contributed by atoms with Crippen molar-refractivity contribution in [3.05, 3.63) is 24.0 Å². The SMILES string of the molecule is Nc1cc(NC(=O)COC2CCCCCC2)ccc1F. The number of carbonyl (C=O) groups is 1. The van der Waals surface area contributed by atoms with Crippen LogP contribution in [0.4, 0.5) is 15.8 Å². The lowest BCUT2D eigenvalue weighted by Gasteiger charge is -2.15. The molecule has 1 aliphatic carbocycles. The number of benzene rings is 1. The number of anilines is 2. The topological polar surface area (TPSA) is 64.3 Å². The van der Waals surface area contributed by atoms with Crippen molar-refractivity contribution < 1.29 is 13.9 Å². The van der Waals surface area contributed by atoms with E-state index in [9.17, 15) is 9.18 Å². The molecule has 1 amide bonds. The molecule has 0 heterocycles. The lowest BCUT2D eigenvalue weighted by molar-refractivity contribution is -0.122. The maximum atomic E-state index is 13.0.